The first-order valence-electron chi connectivity index (χ1n) is 17.4. The van der Waals surface area contributed by atoms with Crippen molar-refractivity contribution in [3.05, 3.63) is 64.7 Å². The van der Waals surface area contributed by atoms with Crippen molar-refractivity contribution in [2.75, 3.05) is 65.4 Å². The molecular weight excluding hydrogens is 680 g/mol. The molecule has 50 heavy (non-hydrogen) atoms. The summed E-state index contributed by atoms with van der Waals surface area (Å²) in [5.41, 5.74) is 1.25. The number of ether oxygens (including phenoxy) is 3. The minimum atomic E-state index is -4.24. The summed E-state index contributed by atoms with van der Waals surface area (Å²) in [6.07, 6.45) is 7.28. The van der Waals surface area contributed by atoms with Gasteiger partial charge in [-0.2, -0.15) is 0 Å². The molecule has 1 spiro atoms. The van der Waals surface area contributed by atoms with E-state index >= 15 is 0 Å². The number of fused-ring (bicyclic) bond motifs is 4. The first-order chi connectivity index (χ1) is 23.7. The molecule has 2 heterocycles. The fourth-order valence-electron chi connectivity index (χ4n) is 7.53. The number of sulfonamides is 1. The number of likely N-dealkylation sites (N-methyl/N-ethyl adjacent to an activating group) is 2. The van der Waals surface area contributed by atoms with E-state index in [1.165, 1.54) is 31.0 Å². The number of amides is 2. The maximum absolute atomic E-state index is 13.6. The van der Waals surface area contributed by atoms with Gasteiger partial charge in [-0.15, -0.1) is 0 Å². The number of carbonyl (C=O) groups excluding carboxylic acids is 2. The van der Waals surface area contributed by atoms with Gasteiger partial charge in [-0.3, -0.25) is 4.79 Å². The van der Waals surface area contributed by atoms with E-state index in [4.69, 9.17) is 25.8 Å². The second kappa shape index (κ2) is 14.4. The predicted octanol–water partition coefficient (Wildman–Crippen LogP) is 5.01. The highest BCUT2D eigenvalue weighted by Gasteiger charge is 2.45. The average molecular weight is 729 g/mol. The Morgan fingerprint density at radius 1 is 1.12 bits per heavy atom. The van der Waals surface area contributed by atoms with Crippen LogP contribution < -0.4 is 14.4 Å². The molecule has 4 aliphatic rings. The van der Waals surface area contributed by atoms with Crippen molar-refractivity contribution in [2.24, 2.45) is 11.8 Å². The molecule has 2 aliphatic carbocycles. The van der Waals surface area contributed by atoms with Crippen molar-refractivity contribution in [3.8, 4) is 5.75 Å². The molecule has 13 heteroatoms. The quantitative estimate of drug-likeness (QED) is 0.434. The highest BCUT2D eigenvalue weighted by Crippen LogP contribution is 2.47. The Bertz CT molecular complexity index is 1750. The zero-order chi connectivity index (χ0) is 35.8. The number of halogens is 1. The van der Waals surface area contributed by atoms with Gasteiger partial charge in [0, 0.05) is 49.6 Å². The Labute approximate surface area is 300 Å². The zero-order valence-electron chi connectivity index (χ0n) is 29.6. The lowest BCUT2D eigenvalue weighted by Gasteiger charge is -2.46. The number of nitrogens with zero attached hydrogens (tertiary/aromatic N) is 3. The zero-order valence-corrected chi connectivity index (χ0v) is 31.2. The molecule has 2 aromatic carbocycles. The van der Waals surface area contributed by atoms with Crippen LogP contribution >= 0.6 is 11.6 Å². The molecule has 2 bridgehead atoms. The van der Waals surface area contributed by atoms with E-state index in [1.54, 1.807) is 30.2 Å². The third kappa shape index (κ3) is 7.63. The van der Waals surface area contributed by atoms with E-state index in [1.807, 2.05) is 37.2 Å². The average Bonchev–Trinajstić information content (AvgIpc) is 3.19. The van der Waals surface area contributed by atoms with Crippen molar-refractivity contribution in [3.63, 3.8) is 0 Å². The molecule has 0 aromatic heterocycles. The number of rotatable bonds is 4. The number of benzene rings is 2. The SMILES string of the molecule is CN(C)CCN(C)C(=O)O[C@H]1C=CCOC(C)(C)C(=O)NS(=O)(=O)c2ccc3c(c2)N(C[C@@H]2CC[C@H]21)C[C@@]1(CCCc2cc(Cl)ccc21)CO3. The Morgan fingerprint density at radius 2 is 1.92 bits per heavy atom. The summed E-state index contributed by atoms with van der Waals surface area (Å²) in [5.74, 6) is -0.0399. The van der Waals surface area contributed by atoms with Crippen LogP contribution in [-0.2, 0) is 36.1 Å². The van der Waals surface area contributed by atoms with Gasteiger partial charge >= 0.3 is 6.09 Å². The number of hydrogen-bond acceptors (Lipinski definition) is 9. The Morgan fingerprint density at radius 3 is 2.66 bits per heavy atom. The number of hydrogen-bond donors (Lipinski definition) is 1. The largest absolute Gasteiger partial charge is 0.490 e. The molecule has 1 N–H and O–H groups in total. The van der Waals surface area contributed by atoms with Gasteiger partial charge in [-0.05, 0) is 113 Å². The number of carbonyl (C=O) groups is 2. The van der Waals surface area contributed by atoms with Crippen LogP contribution in [0.15, 0.2) is 53.4 Å². The molecule has 272 valence electrons. The van der Waals surface area contributed by atoms with E-state index in [9.17, 15) is 18.0 Å². The Hall–Kier alpha value is -3.32. The molecule has 2 aliphatic heterocycles. The first-order valence-corrected chi connectivity index (χ1v) is 19.3. The lowest BCUT2D eigenvalue weighted by molar-refractivity contribution is -0.139. The van der Waals surface area contributed by atoms with Gasteiger partial charge in [0.1, 0.15) is 17.5 Å². The summed E-state index contributed by atoms with van der Waals surface area (Å²) in [4.78, 5) is 32.4. The predicted molar refractivity (Wildman–Crippen MR) is 192 cm³/mol. The molecule has 0 unspecified atom stereocenters. The van der Waals surface area contributed by atoms with Gasteiger partial charge < -0.3 is 28.9 Å². The van der Waals surface area contributed by atoms with Crippen molar-refractivity contribution in [1.82, 2.24) is 14.5 Å². The van der Waals surface area contributed by atoms with E-state index in [2.05, 4.69) is 15.7 Å². The lowest BCUT2D eigenvalue weighted by Crippen LogP contribution is -2.50. The van der Waals surface area contributed by atoms with Crippen molar-refractivity contribution < 1.29 is 32.2 Å². The smallest absolute Gasteiger partial charge is 0.410 e. The normalized spacial score (nSPS) is 27.2. The highest BCUT2D eigenvalue weighted by molar-refractivity contribution is 7.90. The molecular formula is C37H49ClN4O7S. The van der Waals surface area contributed by atoms with Crippen LogP contribution in [0, 0.1) is 11.8 Å². The van der Waals surface area contributed by atoms with Gasteiger partial charge in [0.15, 0.2) is 0 Å². The molecule has 4 atom stereocenters. The summed E-state index contributed by atoms with van der Waals surface area (Å²) in [6.45, 7) is 5.92. The molecule has 0 radical (unpaired) electrons. The van der Waals surface area contributed by atoms with Crippen LogP contribution in [0.4, 0.5) is 10.5 Å². The van der Waals surface area contributed by atoms with Gasteiger partial charge in [-0.25, -0.2) is 17.9 Å². The van der Waals surface area contributed by atoms with Crippen molar-refractivity contribution in [2.45, 2.75) is 68.0 Å². The lowest BCUT2D eigenvalue weighted by atomic mass is 9.68. The third-order valence-corrected chi connectivity index (χ3v) is 12.3. The van der Waals surface area contributed by atoms with Crippen LogP contribution in [-0.4, -0.2) is 102 Å². The summed E-state index contributed by atoms with van der Waals surface area (Å²) in [6, 6.07) is 10.9. The molecule has 2 amide bonds. The molecule has 2 aromatic rings. The fourth-order valence-corrected chi connectivity index (χ4v) is 8.85. The van der Waals surface area contributed by atoms with Gasteiger partial charge in [0.05, 0.1) is 23.8 Å². The molecule has 1 fully saturated rings. The van der Waals surface area contributed by atoms with E-state index in [-0.39, 0.29) is 28.8 Å². The number of nitrogens with one attached hydrogen (secondary N) is 1. The van der Waals surface area contributed by atoms with Crippen molar-refractivity contribution in [1.29, 1.82) is 0 Å². The minimum absolute atomic E-state index is 0.0228. The van der Waals surface area contributed by atoms with E-state index in [0.717, 1.165) is 32.1 Å². The van der Waals surface area contributed by atoms with Crippen LogP contribution in [0.1, 0.15) is 50.7 Å². The van der Waals surface area contributed by atoms with Gasteiger partial charge in [0.2, 0.25) is 0 Å². The monoisotopic (exact) mass is 728 g/mol. The third-order valence-electron chi connectivity index (χ3n) is 10.7. The molecule has 6 rings (SSSR count). The second-order valence-electron chi connectivity index (χ2n) is 15.0. The topological polar surface area (TPSA) is 118 Å². The highest BCUT2D eigenvalue weighted by atomic mass is 35.5. The van der Waals surface area contributed by atoms with Crippen LogP contribution in [0.2, 0.25) is 5.02 Å². The van der Waals surface area contributed by atoms with E-state index in [0.29, 0.717) is 49.2 Å². The minimum Gasteiger partial charge on any atom is -0.490 e. The maximum atomic E-state index is 13.6. The second-order valence-corrected chi connectivity index (χ2v) is 17.1. The molecule has 1 saturated carbocycles. The Kier molecular flexibility index (Phi) is 10.5. The summed E-state index contributed by atoms with van der Waals surface area (Å²) >= 11 is 6.44. The number of anilines is 1. The van der Waals surface area contributed by atoms with E-state index < -0.39 is 33.7 Å². The molecule has 0 saturated heterocycles. The van der Waals surface area contributed by atoms with Crippen molar-refractivity contribution >= 4 is 39.3 Å². The standard InChI is InChI=1S/C37H49ClN4O7S/c1-36(2)34(43)39-50(45,46)28-12-15-33-31(21-28)42(23-37(24-47-33)16-6-8-25-20-27(38)11-14-30(25)37)22-26-10-13-29(26)32(9-7-19-48-36)49-35(44)41(5)18-17-40(3)4/h7,9,11-12,14-15,20-21,26,29,32H,6,8,10,13,16-19,22-24H2,1-5H3,(H,39,43)/t26-,29+,32-,37-/m0/s1. The van der Waals surface area contributed by atoms with Gasteiger partial charge in [-0.1, -0.05) is 23.7 Å². The Balaban J connectivity index is 1.39. The van der Waals surface area contributed by atoms with Gasteiger partial charge in [0.25, 0.3) is 15.9 Å². The summed E-state index contributed by atoms with van der Waals surface area (Å²) in [7, 11) is 1.41. The molecule has 11 nitrogen and oxygen atoms in total. The first kappa shape index (κ1) is 36.5. The van der Waals surface area contributed by atoms with Crippen LogP contribution in [0.3, 0.4) is 0 Å². The van der Waals surface area contributed by atoms with Crippen LogP contribution in [0.5, 0.6) is 5.75 Å². The summed E-state index contributed by atoms with van der Waals surface area (Å²) < 4.78 is 48.1. The fraction of sp³-hybridized carbons (Fsp3) is 0.568. The number of aryl methyl sites for hydroxylation is 1. The van der Waals surface area contributed by atoms with Crippen LogP contribution in [0.25, 0.3) is 0 Å². The maximum Gasteiger partial charge on any atom is 0.410 e. The summed E-state index contributed by atoms with van der Waals surface area (Å²) in [5, 5.41) is 0.701.